The first-order valence-corrected chi connectivity index (χ1v) is 10.6. The molecule has 4 heteroatoms. The summed E-state index contributed by atoms with van der Waals surface area (Å²) in [4.78, 5) is 0. The van der Waals surface area contributed by atoms with Gasteiger partial charge in [0.2, 0.25) is 0 Å². The molecular weight excluding hydrogens is 384 g/mol. The van der Waals surface area contributed by atoms with Crippen LogP contribution in [-0.4, -0.2) is 24.0 Å². The van der Waals surface area contributed by atoms with E-state index in [1.807, 2.05) is 30.3 Å². The van der Waals surface area contributed by atoms with Crippen LogP contribution in [0.1, 0.15) is 23.6 Å². The minimum atomic E-state index is 0.698. The van der Waals surface area contributed by atoms with Crippen LogP contribution in [0.25, 0.3) is 22.5 Å². The number of nitrogens with zero attached hydrogens (tertiary/aromatic N) is 2. The van der Waals surface area contributed by atoms with Crippen LogP contribution in [0, 0.1) is 6.92 Å². The van der Waals surface area contributed by atoms with E-state index in [0.29, 0.717) is 6.54 Å². The highest BCUT2D eigenvalue weighted by atomic mass is 16.5. The van der Waals surface area contributed by atoms with Crippen LogP contribution >= 0.6 is 0 Å². The lowest BCUT2D eigenvalue weighted by Crippen LogP contribution is -2.04. The zero-order valence-electron chi connectivity index (χ0n) is 18.6. The summed E-state index contributed by atoms with van der Waals surface area (Å²) in [7, 11) is 3.39. The Morgan fingerprint density at radius 1 is 0.806 bits per heavy atom. The standard InChI is InChI=1S/C27H28N2O2/c1-5-25-26(21-8-6-10-23(16-21)30-3)28-29(18-20-14-12-19(2)13-15-20)27(25)22-9-7-11-24(17-22)31-4/h6-17H,5,18H2,1-4H3. The largest absolute Gasteiger partial charge is 0.497 e. The Morgan fingerprint density at radius 3 is 2.03 bits per heavy atom. The Labute approximate surface area is 184 Å². The van der Waals surface area contributed by atoms with Gasteiger partial charge in [0.1, 0.15) is 11.5 Å². The molecule has 1 heterocycles. The number of methoxy groups -OCH3 is 2. The Balaban J connectivity index is 1.90. The van der Waals surface area contributed by atoms with E-state index in [-0.39, 0.29) is 0 Å². The van der Waals surface area contributed by atoms with Gasteiger partial charge in [0.15, 0.2) is 0 Å². The highest BCUT2D eigenvalue weighted by molar-refractivity contribution is 5.76. The average Bonchev–Trinajstić information content (AvgIpc) is 3.18. The number of benzene rings is 3. The van der Waals surface area contributed by atoms with Crippen LogP contribution in [0.15, 0.2) is 72.8 Å². The first kappa shape index (κ1) is 20.7. The van der Waals surface area contributed by atoms with Crippen molar-refractivity contribution in [3.8, 4) is 34.0 Å². The summed E-state index contributed by atoms with van der Waals surface area (Å²) in [5.74, 6) is 1.67. The maximum Gasteiger partial charge on any atom is 0.119 e. The Kier molecular flexibility index (Phi) is 6.08. The first-order valence-electron chi connectivity index (χ1n) is 10.6. The fourth-order valence-electron chi connectivity index (χ4n) is 3.91. The molecule has 0 N–H and O–H groups in total. The van der Waals surface area contributed by atoms with E-state index in [2.05, 4.69) is 61.0 Å². The molecule has 0 bridgehead atoms. The lowest BCUT2D eigenvalue weighted by Gasteiger charge is -2.11. The van der Waals surface area contributed by atoms with Crippen molar-refractivity contribution in [1.82, 2.24) is 9.78 Å². The van der Waals surface area contributed by atoms with Gasteiger partial charge in [-0.1, -0.05) is 61.0 Å². The van der Waals surface area contributed by atoms with E-state index in [1.54, 1.807) is 14.2 Å². The van der Waals surface area contributed by atoms with Crippen molar-refractivity contribution in [3.63, 3.8) is 0 Å². The summed E-state index contributed by atoms with van der Waals surface area (Å²) in [5, 5.41) is 5.10. The summed E-state index contributed by atoms with van der Waals surface area (Å²) >= 11 is 0. The summed E-state index contributed by atoms with van der Waals surface area (Å²) < 4.78 is 13.1. The molecule has 0 saturated carbocycles. The topological polar surface area (TPSA) is 36.3 Å². The SMILES string of the molecule is CCc1c(-c2cccc(OC)c2)nn(Cc2ccc(C)cc2)c1-c1cccc(OC)c1. The average molecular weight is 413 g/mol. The zero-order valence-corrected chi connectivity index (χ0v) is 18.6. The van der Waals surface area contributed by atoms with Crippen molar-refractivity contribution in [3.05, 3.63) is 89.5 Å². The normalized spacial score (nSPS) is 10.8. The Bertz CT molecular complexity index is 1180. The van der Waals surface area contributed by atoms with Gasteiger partial charge >= 0.3 is 0 Å². The fraction of sp³-hybridized carbons (Fsp3) is 0.222. The second-order valence-electron chi connectivity index (χ2n) is 7.64. The molecule has 0 aliphatic heterocycles. The number of rotatable bonds is 7. The summed E-state index contributed by atoms with van der Waals surface area (Å²) in [6.07, 6.45) is 0.868. The fourth-order valence-corrected chi connectivity index (χ4v) is 3.91. The second-order valence-corrected chi connectivity index (χ2v) is 7.64. The number of hydrogen-bond donors (Lipinski definition) is 0. The molecule has 1 aromatic heterocycles. The molecule has 0 fully saturated rings. The molecule has 0 saturated heterocycles. The van der Waals surface area contributed by atoms with E-state index in [4.69, 9.17) is 14.6 Å². The highest BCUT2D eigenvalue weighted by Crippen LogP contribution is 2.35. The third kappa shape index (κ3) is 4.33. The molecule has 31 heavy (non-hydrogen) atoms. The van der Waals surface area contributed by atoms with E-state index in [9.17, 15) is 0 Å². The molecule has 4 aromatic rings. The van der Waals surface area contributed by atoms with Gasteiger partial charge in [-0.05, 0) is 43.2 Å². The molecule has 158 valence electrons. The molecule has 0 atom stereocenters. The van der Waals surface area contributed by atoms with Crippen molar-refractivity contribution in [2.24, 2.45) is 0 Å². The van der Waals surface area contributed by atoms with Crippen LogP contribution in [0.4, 0.5) is 0 Å². The third-order valence-electron chi connectivity index (χ3n) is 5.54. The molecule has 0 amide bonds. The van der Waals surface area contributed by atoms with Gasteiger partial charge in [0.05, 0.1) is 32.2 Å². The van der Waals surface area contributed by atoms with Crippen molar-refractivity contribution >= 4 is 0 Å². The van der Waals surface area contributed by atoms with Crippen LogP contribution in [0.5, 0.6) is 11.5 Å². The predicted octanol–water partition coefficient (Wildman–Crippen LogP) is 6.15. The number of aromatic nitrogens is 2. The minimum absolute atomic E-state index is 0.698. The molecule has 0 radical (unpaired) electrons. The lowest BCUT2D eigenvalue weighted by atomic mass is 9.99. The monoisotopic (exact) mass is 412 g/mol. The smallest absolute Gasteiger partial charge is 0.119 e. The maximum atomic E-state index is 5.50. The molecule has 0 unspecified atom stereocenters. The number of ether oxygens (including phenoxy) is 2. The van der Waals surface area contributed by atoms with Gasteiger partial charge in [-0.3, -0.25) is 4.68 Å². The number of hydrogen-bond acceptors (Lipinski definition) is 3. The zero-order chi connectivity index (χ0) is 21.8. The van der Waals surface area contributed by atoms with Gasteiger partial charge in [0.25, 0.3) is 0 Å². The van der Waals surface area contributed by atoms with Crippen LogP contribution in [0.3, 0.4) is 0 Å². The van der Waals surface area contributed by atoms with Gasteiger partial charge in [0, 0.05) is 16.7 Å². The first-order chi connectivity index (χ1) is 15.1. The predicted molar refractivity (Wildman–Crippen MR) is 126 cm³/mol. The molecule has 4 rings (SSSR count). The highest BCUT2D eigenvalue weighted by Gasteiger charge is 2.20. The van der Waals surface area contributed by atoms with Crippen LogP contribution in [0.2, 0.25) is 0 Å². The number of aryl methyl sites for hydroxylation is 1. The summed E-state index contributed by atoms with van der Waals surface area (Å²) in [6, 6.07) is 25.0. The van der Waals surface area contributed by atoms with E-state index < -0.39 is 0 Å². The molecule has 0 aliphatic carbocycles. The maximum absolute atomic E-state index is 5.50. The second kappa shape index (κ2) is 9.09. The summed E-state index contributed by atoms with van der Waals surface area (Å²) in [6.45, 7) is 4.99. The van der Waals surface area contributed by atoms with Crippen LogP contribution < -0.4 is 9.47 Å². The quantitative estimate of drug-likeness (QED) is 0.365. The molecular formula is C27H28N2O2. The van der Waals surface area contributed by atoms with Gasteiger partial charge in [-0.2, -0.15) is 5.10 Å². The van der Waals surface area contributed by atoms with Gasteiger partial charge < -0.3 is 9.47 Å². The summed E-state index contributed by atoms with van der Waals surface area (Å²) in [5.41, 5.74) is 7.97. The Hall–Kier alpha value is -3.53. The Morgan fingerprint density at radius 2 is 1.42 bits per heavy atom. The molecule has 0 aliphatic rings. The van der Waals surface area contributed by atoms with E-state index >= 15 is 0 Å². The third-order valence-corrected chi connectivity index (χ3v) is 5.54. The van der Waals surface area contributed by atoms with Crippen molar-refractivity contribution in [1.29, 1.82) is 0 Å². The lowest BCUT2D eigenvalue weighted by molar-refractivity contribution is 0.415. The van der Waals surface area contributed by atoms with E-state index in [0.717, 1.165) is 40.4 Å². The molecule has 4 nitrogen and oxygen atoms in total. The van der Waals surface area contributed by atoms with Crippen LogP contribution in [-0.2, 0) is 13.0 Å². The van der Waals surface area contributed by atoms with E-state index in [1.165, 1.54) is 16.7 Å². The van der Waals surface area contributed by atoms with Gasteiger partial charge in [-0.15, -0.1) is 0 Å². The minimum Gasteiger partial charge on any atom is -0.497 e. The molecule has 3 aromatic carbocycles. The molecule has 0 spiro atoms. The van der Waals surface area contributed by atoms with Crippen molar-refractivity contribution in [2.75, 3.05) is 14.2 Å². The van der Waals surface area contributed by atoms with Crippen molar-refractivity contribution in [2.45, 2.75) is 26.8 Å². The van der Waals surface area contributed by atoms with Gasteiger partial charge in [-0.25, -0.2) is 0 Å². The van der Waals surface area contributed by atoms with Crippen molar-refractivity contribution < 1.29 is 9.47 Å².